The Hall–Kier alpha value is -3.14. The van der Waals surface area contributed by atoms with Gasteiger partial charge in [-0.3, -0.25) is 0 Å². The standard InChI is InChI=1S/C19H16N4/c1-14-7-5-10-16(13-14)20-19-21-18-17(11-6-12-23(18)22-19)15-8-3-2-4-9-15/h2-13H,1H3,(H,20,22). The Morgan fingerprint density at radius 1 is 0.913 bits per heavy atom. The minimum Gasteiger partial charge on any atom is -0.323 e. The van der Waals surface area contributed by atoms with E-state index in [1.165, 1.54) is 5.56 Å². The van der Waals surface area contributed by atoms with Crippen molar-refractivity contribution in [1.29, 1.82) is 0 Å². The lowest BCUT2D eigenvalue weighted by atomic mass is 10.1. The summed E-state index contributed by atoms with van der Waals surface area (Å²) in [7, 11) is 0. The van der Waals surface area contributed by atoms with Gasteiger partial charge in [0.15, 0.2) is 5.65 Å². The van der Waals surface area contributed by atoms with Crippen LogP contribution in [0.4, 0.5) is 11.6 Å². The van der Waals surface area contributed by atoms with Gasteiger partial charge in [-0.2, -0.15) is 4.98 Å². The normalized spacial score (nSPS) is 10.8. The van der Waals surface area contributed by atoms with Crippen LogP contribution in [0, 0.1) is 6.92 Å². The number of hydrogen-bond donors (Lipinski definition) is 1. The van der Waals surface area contributed by atoms with Crippen LogP contribution in [-0.4, -0.2) is 14.6 Å². The van der Waals surface area contributed by atoms with E-state index in [2.05, 4.69) is 52.7 Å². The predicted molar refractivity (Wildman–Crippen MR) is 92.9 cm³/mol. The van der Waals surface area contributed by atoms with Crippen molar-refractivity contribution in [3.63, 3.8) is 0 Å². The number of fused-ring (bicyclic) bond motifs is 1. The molecule has 0 aliphatic heterocycles. The first-order chi connectivity index (χ1) is 11.3. The second-order valence-corrected chi connectivity index (χ2v) is 5.49. The fourth-order valence-electron chi connectivity index (χ4n) is 2.65. The number of aryl methyl sites for hydroxylation is 1. The van der Waals surface area contributed by atoms with Crippen LogP contribution in [0.15, 0.2) is 72.9 Å². The van der Waals surface area contributed by atoms with Crippen LogP contribution < -0.4 is 5.32 Å². The average Bonchev–Trinajstić information content (AvgIpc) is 2.98. The lowest BCUT2D eigenvalue weighted by Gasteiger charge is -2.02. The van der Waals surface area contributed by atoms with Crippen LogP contribution in [0.25, 0.3) is 16.8 Å². The Bertz CT molecular complexity index is 957. The molecular weight excluding hydrogens is 284 g/mol. The summed E-state index contributed by atoms with van der Waals surface area (Å²) in [6.45, 7) is 2.07. The third-order valence-corrected chi connectivity index (χ3v) is 3.72. The zero-order valence-corrected chi connectivity index (χ0v) is 12.8. The number of pyridine rings is 1. The van der Waals surface area contributed by atoms with Crippen LogP contribution in [-0.2, 0) is 0 Å². The summed E-state index contributed by atoms with van der Waals surface area (Å²) >= 11 is 0. The van der Waals surface area contributed by atoms with Crippen LogP contribution >= 0.6 is 0 Å². The van der Waals surface area contributed by atoms with Crippen molar-refractivity contribution in [1.82, 2.24) is 14.6 Å². The molecule has 1 N–H and O–H groups in total. The zero-order valence-electron chi connectivity index (χ0n) is 12.8. The Morgan fingerprint density at radius 3 is 2.61 bits per heavy atom. The largest absolute Gasteiger partial charge is 0.323 e. The number of hydrogen-bond acceptors (Lipinski definition) is 3. The minimum absolute atomic E-state index is 0.596. The highest BCUT2D eigenvalue weighted by Crippen LogP contribution is 2.24. The molecule has 4 aromatic rings. The van der Waals surface area contributed by atoms with Crippen molar-refractivity contribution >= 4 is 17.3 Å². The molecule has 0 spiro atoms. The molecule has 0 aliphatic rings. The first-order valence-corrected chi connectivity index (χ1v) is 7.54. The highest BCUT2D eigenvalue weighted by molar-refractivity contribution is 5.78. The molecule has 0 unspecified atom stereocenters. The lowest BCUT2D eigenvalue weighted by molar-refractivity contribution is 0.966. The number of rotatable bonds is 3. The maximum atomic E-state index is 4.65. The van der Waals surface area contributed by atoms with Gasteiger partial charge < -0.3 is 5.32 Å². The highest BCUT2D eigenvalue weighted by Gasteiger charge is 2.09. The van der Waals surface area contributed by atoms with Gasteiger partial charge in [-0.25, -0.2) is 4.52 Å². The first kappa shape index (κ1) is 13.5. The van der Waals surface area contributed by atoms with Crippen molar-refractivity contribution in [2.75, 3.05) is 5.32 Å². The fraction of sp³-hybridized carbons (Fsp3) is 0.0526. The summed E-state index contributed by atoms with van der Waals surface area (Å²) in [5.74, 6) is 0.596. The zero-order chi connectivity index (χ0) is 15.6. The summed E-state index contributed by atoms with van der Waals surface area (Å²) in [6, 6.07) is 22.4. The number of nitrogens with zero attached hydrogens (tertiary/aromatic N) is 3. The van der Waals surface area contributed by atoms with Crippen LogP contribution in [0.1, 0.15) is 5.56 Å². The second-order valence-electron chi connectivity index (χ2n) is 5.49. The third kappa shape index (κ3) is 2.66. The van der Waals surface area contributed by atoms with Crippen molar-refractivity contribution < 1.29 is 0 Å². The summed E-state index contributed by atoms with van der Waals surface area (Å²) in [5, 5.41) is 7.79. The van der Waals surface area contributed by atoms with E-state index < -0.39 is 0 Å². The Labute approximate surface area is 134 Å². The number of nitrogens with one attached hydrogen (secondary N) is 1. The SMILES string of the molecule is Cc1cccc(Nc2nc3c(-c4ccccc4)cccn3n2)c1. The van der Waals surface area contributed by atoms with E-state index in [9.17, 15) is 0 Å². The third-order valence-electron chi connectivity index (χ3n) is 3.72. The van der Waals surface area contributed by atoms with Gasteiger partial charge in [0.05, 0.1) is 0 Å². The fourth-order valence-corrected chi connectivity index (χ4v) is 2.65. The smallest absolute Gasteiger partial charge is 0.247 e. The summed E-state index contributed by atoms with van der Waals surface area (Å²) in [5.41, 5.74) is 5.23. The van der Waals surface area contributed by atoms with Crippen LogP contribution in [0.2, 0.25) is 0 Å². The number of aromatic nitrogens is 3. The molecule has 112 valence electrons. The van der Waals surface area contributed by atoms with E-state index in [0.717, 1.165) is 22.5 Å². The van der Waals surface area contributed by atoms with Crippen molar-refractivity contribution in [3.05, 3.63) is 78.5 Å². The van der Waals surface area contributed by atoms with E-state index in [-0.39, 0.29) is 0 Å². The summed E-state index contributed by atoms with van der Waals surface area (Å²) < 4.78 is 1.81. The van der Waals surface area contributed by atoms with Gasteiger partial charge in [-0.15, -0.1) is 5.10 Å². The average molecular weight is 300 g/mol. The Kier molecular flexibility index (Phi) is 3.27. The van der Waals surface area contributed by atoms with Crippen molar-refractivity contribution in [2.45, 2.75) is 6.92 Å². The molecule has 4 rings (SSSR count). The lowest BCUT2D eigenvalue weighted by Crippen LogP contribution is -1.93. The maximum absolute atomic E-state index is 4.65. The number of anilines is 2. The quantitative estimate of drug-likeness (QED) is 0.608. The molecule has 0 bridgehead atoms. The molecule has 2 aromatic carbocycles. The van der Waals surface area contributed by atoms with Crippen molar-refractivity contribution in [2.24, 2.45) is 0 Å². The molecule has 0 saturated heterocycles. The molecule has 0 fully saturated rings. The molecular formula is C19H16N4. The van der Waals surface area contributed by atoms with Crippen molar-refractivity contribution in [3.8, 4) is 11.1 Å². The van der Waals surface area contributed by atoms with Crippen LogP contribution in [0.3, 0.4) is 0 Å². The topological polar surface area (TPSA) is 42.2 Å². The van der Waals surface area contributed by atoms with E-state index in [0.29, 0.717) is 5.95 Å². The highest BCUT2D eigenvalue weighted by atomic mass is 15.3. The van der Waals surface area contributed by atoms with Gasteiger partial charge in [0.25, 0.3) is 0 Å². The molecule has 0 amide bonds. The predicted octanol–water partition coefficient (Wildman–Crippen LogP) is 4.45. The molecule has 2 heterocycles. The summed E-state index contributed by atoms with van der Waals surface area (Å²) in [6.07, 6.45) is 1.91. The van der Waals surface area contributed by atoms with Gasteiger partial charge in [0, 0.05) is 17.4 Å². The molecule has 4 nitrogen and oxygen atoms in total. The first-order valence-electron chi connectivity index (χ1n) is 7.54. The van der Waals surface area contributed by atoms with Crippen LogP contribution in [0.5, 0.6) is 0 Å². The molecule has 0 aliphatic carbocycles. The second kappa shape index (κ2) is 5.57. The summed E-state index contributed by atoms with van der Waals surface area (Å²) in [4.78, 5) is 4.65. The molecule has 23 heavy (non-hydrogen) atoms. The van der Waals surface area contributed by atoms with Gasteiger partial charge >= 0.3 is 0 Å². The molecule has 0 radical (unpaired) electrons. The maximum Gasteiger partial charge on any atom is 0.247 e. The minimum atomic E-state index is 0.596. The Balaban J connectivity index is 1.76. The molecule has 4 heteroatoms. The van der Waals surface area contributed by atoms with Gasteiger partial charge in [0.1, 0.15) is 0 Å². The van der Waals surface area contributed by atoms with Gasteiger partial charge in [-0.05, 0) is 42.3 Å². The van der Waals surface area contributed by atoms with Gasteiger partial charge in [-0.1, -0.05) is 42.5 Å². The molecule has 2 aromatic heterocycles. The monoisotopic (exact) mass is 300 g/mol. The van der Waals surface area contributed by atoms with Gasteiger partial charge in [0.2, 0.25) is 5.95 Å². The van der Waals surface area contributed by atoms with E-state index >= 15 is 0 Å². The van der Waals surface area contributed by atoms with E-state index in [1.807, 2.05) is 42.6 Å². The molecule has 0 atom stereocenters. The molecule has 0 saturated carbocycles. The van der Waals surface area contributed by atoms with E-state index in [4.69, 9.17) is 0 Å². The Morgan fingerprint density at radius 2 is 1.78 bits per heavy atom. The van der Waals surface area contributed by atoms with E-state index in [1.54, 1.807) is 4.52 Å². The number of benzene rings is 2.